The molecule has 3 N–H and O–H groups in total. The lowest BCUT2D eigenvalue weighted by molar-refractivity contribution is -0.130. The molecule has 0 aliphatic carbocycles. The van der Waals surface area contributed by atoms with Gasteiger partial charge in [-0.2, -0.15) is 0 Å². The molecule has 1 heterocycles. The molecule has 0 bridgehead atoms. The maximum absolute atomic E-state index is 14.4. The van der Waals surface area contributed by atoms with Gasteiger partial charge in [-0.1, -0.05) is 89.0 Å². The number of hydrogen-bond donors (Lipinski definition) is 3. The van der Waals surface area contributed by atoms with Crippen LogP contribution in [-0.4, -0.2) is 35.7 Å². The third kappa shape index (κ3) is 7.57. The van der Waals surface area contributed by atoms with E-state index in [4.69, 9.17) is 42.8 Å². The van der Waals surface area contributed by atoms with Gasteiger partial charge < -0.3 is 14.6 Å². The summed E-state index contributed by atoms with van der Waals surface area (Å²) in [6.07, 6.45) is -0.263. The first-order chi connectivity index (χ1) is 21.9. The molecule has 45 heavy (non-hydrogen) atoms. The summed E-state index contributed by atoms with van der Waals surface area (Å²) in [5.41, 5.74) is 16.6. The molecule has 0 unspecified atom stereocenters. The largest absolute Gasteiger partial charge is 0.494 e. The third-order valence-electron chi connectivity index (χ3n) is 7.23. The summed E-state index contributed by atoms with van der Waals surface area (Å²) in [6, 6.07) is 28.7. The van der Waals surface area contributed by atoms with Crippen LogP contribution in [0.15, 0.2) is 107 Å². The molecule has 0 spiro atoms. The van der Waals surface area contributed by atoms with E-state index in [0.29, 0.717) is 45.6 Å². The lowest BCUT2D eigenvalue weighted by atomic mass is 9.81. The Hall–Kier alpha value is -4.57. The van der Waals surface area contributed by atoms with E-state index in [0.717, 1.165) is 11.1 Å². The molecule has 0 saturated heterocycles. The molecule has 1 aliphatic heterocycles. The second kappa shape index (κ2) is 14.9. The Labute approximate surface area is 270 Å². The standard InChI is InChI=1S/C33H30Cl2N6O4/c34-26-14-11-25(28(35)19-26)21-37-40-32(43)33(20-24-9-4-5-10-29(24)39-41-36)30(22-7-2-1-3-8-22)45-31(38-33)23-12-15-27(16-13-23)44-18-6-17-42/h1-5,7-16,19,30,37,42H,6,17-18,20-21H2,(H,40,43)/t30-,33-/m0/s1. The highest BCUT2D eigenvalue weighted by Crippen LogP contribution is 2.43. The Bertz CT molecular complexity index is 1710. The lowest BCUT2D eigenvalue weighted by Gasteiger charge is -2.31. The summed E-state index contributed by atoms with van der Waals surface area (Å²) in [7, 11) is 0. The number of amides is 1. The number of ether oxygens (including phenoxy) is 2. The minimum Gasteiger partial charge on any atom is -0.494 e. The smallest absolute Gasteiger partial charge is 0.266 e. The fraction of sp³-hybridized carbons (Fsp3) is 0.212. The number of rotatable bonds is 13. The summed E-state index contributed by atoms with van der Waals surface area (Å²) in [5, 5.41) is 13.9. The van der Waals surface area contributed by atoms with Gasteiger partial charge in [-0.05, 0) is 58.6 Å². The van der Waals surface area contributed by atoms with Gasteiger partial charge in [-0.25, -0.2) is 10.4 Å². The summed E-state index contributed by atoms with van der Waals surface area (Å²) in [4.78, 5) is 22.3. The minimum atomic E-state index is -1.52. The summed E-state index contributed by atoms with van der Waals surface area (Å²) in [5.74, 6) is 0.432. The number of nitrogens with one attached hydrogen (secondary N) is 2. The van der Waals surface area contributed by atoms with Gasteiger partial charge in [0.25, 0.3) is 5.91 Å². The number of azide groups is 1. The maximum atomic E-state index is 14.4. The van der Waals surface area contributed by atoms with Crippen molar-refractivity contribution in [1.82, 2.24) is 10.9 Å². The van der Waals surface area contributed by atoms with E-state index in [-0.39, 0.29) is 25.5 Å². The van der Waals surface area contributed by atoms with Gasteiger partial charge in [0.1, 0.15) is 5.75 Å². The average Bonchev–Trinajstić information content (AvgIpc) is 3.44. The Balaban J connectivity index is 1.54. The van der Waals surface area contributed by atoms with Crippen LogP contribution in [0.25, 0.3) is 10.4 Å². The molecule has 2 atom stereocenters. The van der Waals surface area contributed by atoms with Crippen molar-refractivity contribution in [2.45, 2.75) is 31.0 Å². The summed E-state index contributed by atoms with van der Waals surface area (Å²) in [6.45, 7) is 0.641. The zero-order valence-electron chi connectivity index (χ0n) is 24.1. The number of carbonyl (C=O) groups is 1. The molecule has 4 aromatic rings. The van der Waals surface area contributed by atoms with Crippen LogP contribution in [0.5, 0.6) is 5.75 Å². The highest BCUT2D eigenvalue weighted by molar-refractivity contribution is 6.35. The van der Waals surface area contributed by atoms with Gasteiger partial charge in [0.2, 0.25) is 5.90 Å². The molecule has 10 nitrogen and oxygen atoms in total. The number of halogens is 2. The predicted molar refractivity (Wildman–Crippen MR) is 174 cm³/mol. The van der Waals surface area contributed by atoms with Crippen molar-refractivity contribution in [2.75, 3.05) is 13.2 Å². The molecular weight excluding hydrogens is 615 g/mol. The molecule has 0 fully saturated rings. The van der Waals surface area contributed by atoms with Crippen molar-refractivity contribution in [3.8, 4) is 5.75 Å². The van der Waals surface area contributed by atoms with Crippen molar-refractivity contribution < 1.29 is 19.4 Å². The Morgan fingerprint density at radius 3 is 2.51 bits per heavy atom. The first-order valence-electron chi connectivity index (χ1n) is 14.2. The third-order valence-corrected chi connectivity index (χ3v) is 7.82. The highest BCUT2D eigenvalue weighted by atomic mass is 35.5. The van der Waals surface area contributed by atoms with Crippen molar-refractivity contribution in [2.24, 2.45) is 10.1 Å². The van der Waals surface area contributed by atoms with Crippen LogP contribution in [0, 0.1) is 0 Å². The van der Waals surface area contributed by atoms with E-state index < -0.39 is 17.6 Å². The number of nitrogens with zero attached hydrogens (tertiary/aromatic N) is 4. The molecule has 0 radical (unpaired) electrons. The summed E-state index contributed by atoms with van der Waals surface area (Å²) < 4.78 is 12.2. The van der Waals surface area contributed by atoms with Crippen LogP contribution >= 0.6 is 23.2 Å². The number of benzene rings is 4. The fourth-order valence-electron chi connectivity index (χ4n) is 5.00. The van der Waals surface area contributed by atoms with Gasteiger partial charge in [-0.15, -0.1) is 0 Å². The normalized spacial score (nSPS) is 17.1. The van der Waals surface area contributed by atoms with Crippen LogP contribution in [0.1, 0.15) is 34.8 Å². The van der Waals surface area contributed by atoms with Crippen molar-refractivity contribution >= 4 is 40.7 Å². The molecule has 230 valence electrons. The number of hydrogen-bond acceptors (Lipinski definition) is 7. The molecule has 0 aromatic heterocycles. The molecule has 1 aliphatic rings. The van der Waals surface area contributed by atoms with E-state index in [1.54, 1.807) is 60.7 Å². The molecular formula is C33H30Cl2N6O4. The molecule has 4 aromatic carbocycles. The Kier molecular flexibility index (Phi) is 10.6. The Morgan fingerprint density at radius 2 is 1.78 bits per heavy atom. The quantitative estimate of drug-likeness (QED) is 0.0471. The molecule has 1 amide bonds. The predicted octanol–water partition coefficient (Wildman–Crippen LogP) is 7.02. The fourth-order valence-corrected chi connectivity index (χ4v) is 5.47. The van der Waals surface area contributed by atoms with E-state index in [1.165, 1.54) is 0 Å². The van der Waals surface area contributed by atoms with Gasteiger partial charge in [0.05, 0.1) is 6.61 Å². The number of aliphatic hydroxyl groups excluding tert-OH is 1. The van der Waals surface area contributed by atoms with Crippen molar-refractivity contribution in [1.29, 1.82) is 0 Å². The van der Waals surface area contributed by atoms with Crippen LogP contribution in [0.4, 0.5) is 5.69 Å². The van der Waals surface area contributed by atoms with Gasteiger partial charge in [0, 0.05) is 52.2 Å². The maximum Gasteiger partial charge on any atom is 0.266 e. The molecule has 12 heteroatoms. The number of carbonyl (C=O) groups excluding carboxylic acids is 1. The highest BCUT2D eigenvalue weighted by Gasteiger charge is 2.53. The van der Waals surface area contributed by atoms with Crippen molar-refractivity contribution in [3.05, 3.63) is 140 Å². The zero-order chi connectivity index (χ0) is 31.6. The monoisotopic (exact) mass is 644 g/mol. The SMILES string of the molecule is [N-]=[N+]=Nc1ccccc1C[C@]1(C(=O)NNCc2ccc(Cl)cc2Cl)N=C(c2ccc(OCCCO)cc2)O[C@H]1c1ccccc1. The number of aliphatic imine (C=N–C) groups is 1. The van der Waals surface area contributed by atoms with Crippen LogP contribution < -0.4 is 15.6 Å². The van der Waals surface area contributed by atoms with Crippen LogP contribution in [-0.2, 0) is 22.5 Å². The van der Waals surface area contributed by atoms with E-state index in [1.807, 2.05) is 36.4 Å². The van der Waals surface area contributed by atoms with E-state index >= 15 is 0 Å². The van der Waals surface area contributed by atoms with Crippen LogP contribution in [0.2, 0.25) is 10.0 Å². The second-order valence-corrected chi connectivity index (χ2v) is 11.1. The number of aliphatic hydroxyl groups is 1. The first kappa shape index (κ1) is 31.8. The van der Waals surface area contributed by atoms with Gasteiger partial charge >= 0.3 is 0 Å². The van der Waals surface area contributed by atoms with E-state index in [9.17, 15) is 10.3 Å². The molecule has 5 rings (SSSR count). The first-order valence-corrected chi connectivity index (χ1v) is 14.9. The average molecular weight is 646 g/mol. The summed E-state index contributed by atoms with van der Waals surface area (Å²) >= 11 is 12.4. The topological polar surface area (TPSA) is 141 Å². The van der Waals surface area contributed by atoms with E-state index in [2.05, 4.69) is 20.9 Å². The Morgan fingerprint density at radius 1 is 1.02 bits per heavy atom. The van der Waals surface area contributed by atoms with Gasteiger partial charge in [0.15, 0.2) is 11.6 Å². The lowest BCUT2D eigenvalue weighted by Crippen LogP contribution is -2.53. The zero-order valence-corrected chi connectivity index (χ0v) is 25.6. The van der Waals surface area contributed by atoms with Gasteiger partial charge in [-0.3, -0.25) is 10.2 Å². The van der Waals surface area contributed by atoms with Crippen molar-refractivity contribution in [3.63, 3.8) is 0 Å². The second-order valence-electron chi connectivity index (χ2n) is 10.2. The number of hydrazine groups is 1. The molecule has 0 saturated carbocycles. The minimum absolute atomic E-state index is 0.0398. The van der Waals surface area contributed by atoms with Crippen LogP contribution in [0.3, 0.4) is 0 Å².